The van der Waals surface area contributed by atoms with Gasteiger partial charge in [-0.05, 0) is 54.6 Å². The van der Waals surface area contributed by atoms with Crippen molar-refractivity contribution in [2.45, 2.75) is 44.7 Å². The van der Waals surface area contributed by atoms with E-state index in [1.165, 1.54) is 48.8 Å². The molecule has 0 saturated heterocycles. The second-order valence-electron chi connectivity index (χ2n) is 6.57. The number of rotatable bonds is 4. The van der Waals surface area contributed by atoms with E-state index in [9.17, 15) is 0 Å². The molecule has 0 spiro atoms. The lowest BCUT2D eigenvalue weighted by Crippen LogP contribution is -2.18. The van der Waals surface area contributed by atoms with Crippen LogP contribution in [0, 0.1) is 6.92 Å². The van der Waals surface area contributed by atoms with Gasteiger partial charge in [-0.1, -0.05) is 63.6 Å². The fourth-order valence-corrected chi connectivity index (χ4v) is 6.23. The fourth-order valence-electron chi connectivity index (χ4n) is 3.81. The van der Waals surface area contributed by atoms with E-state index in [0.717, 1.165) is 11.4 Å². The highest BCUT2D eigenvalue weighted by atomic mass is 31.1. The topological polar surface area (TPSA) is 9.23 Å². The minimum atomic E-state index is -0.124. The van der Waals surface area contributed by atoms with E-state index < -0.39 is 0 Å². The zero-order valence-corrected chi connectivity index (χ0v) is 15.4. The van der Waals surface area contributed by atoms with Crippen LogP contribution in [0.25, 0.3) is 11.1 Å². The molecule has 2 aromatic carbocycles. The van der Waals surface area contributed by atoms with Crippen molar-refractivity contribution in [1.82, 2.24) is 0 Å². The molecule has 2 aromatic rings. The Labute approximate surface area is 141 Å². The first-order chi connectivity index (χ1) is 11.2. The molecule has 0 aliphatic heterocycles. The molecule has 0 radical (unpaired) electrons. The summed E-state index contributed by atoms with van der Waals surface area (Å²) in [7, 11) is 1.65. The lowest BCUT2D eigenvalue weighted by Gasteiger charge is -2.30. The first-order valence-electron chi connectivity index (χ1n) is 8.68. The number of benzene rings is 2. The highest BCUT2D eigenvalue weighted by Gasteiger charge is 2.24. The Bertz CT molecular complexity index is 659. The molecule has 1 fully saturated rings. The van der Waals surface area contributed by atoms with Crippen LogP contribution >= 0.6 is 7.92 Å². The average Bonchev–Trinajstić information content (AvgIpc) is 2.61. The highest BCUT2D eigenvalue weighted by Crippen LogP contribution is 2.47. The number of hydrogen-bond donors (Lipinski definition) is 0. The summed E-state index contributed by atoms with van der Waals surface area (Å²) in [6.07, 6.45) is 7.05. The smallest absolute Gasteiger partial charge is 0.126 e. The highest BCUT2D eigenvalue weighted by molar-refractivity contribution is 7.65. The molecule has 1 nitrogen and oxygen atoms in total. The summed E-state index contributed by atoms with van der Waals surface area (Å²) >= 11 is 0. The second kappa shape index (κ2) is 7.49. The van der Waals surface area contributed by atoms with E-state index in [0.29, 0.717) is 0 Å². The minimum Gasteiger partial charge on any atom is -0.496 e. The number of hydrogen-bond acceptors (Lipinski definition) is 1. The van der Waals surface area contributed by atoms with E-state index in [4.69, 9.17) is 4.74 Å². The van der Waals surface area contributed by atoms with Crippen molar-refractivity contribution in [3.63, 3.8) is 0 Å². The van der Waals surface area contributed by atoms with E-state index in [1.807, 2.05) is 0 Å². The maximum absolute atomic E-state index is 5.67. The Morgan fingerprint density at radius 1 is 0.957 bits per heavy atom. The Balaban J connectivity index is 2.05. The molecule has 1 aliphatic rings. The molecule has 0 bridgehead atoms. The largest absolute Gasteiger partial charge is 0.496 e. The molecule has 1 unspecified atom stereocenters. The van der Waals surface area contributed by atoms with Gasteiger partial charge in [-0.25, -0.2) is 0 Å². The van der Waals surface area contributed by atoms with Gasteiger partial charge in [0, 0.05) is 5.56 Å². The summed E-state index contributed by atoms with van der Waals surface area (Å²) in [5.41, 5.74) is 4.83. The summed E-state index contributed by atoms with van der Waals surface area (Å²) in [4.78, 5) is 0. The maximum Gasteiger partial charge on any atom is 0.126 e. The van der Waals surface area contributed by atoms with Crippen LogP contribution < -0.4 is 10.0 Å². The van der Waals surface area contributed by atoms with Crippen molar-refractivity contribution >= 4 is 13.2 Å². The van der Waals surface area contributed by atoms with Gasteiger partial charge in [-0.15, -0.1) is 0 Å². The number of aryl methyl sites for hydroxylation is 1. The van der Waals surface area contributed by atoms with Crippen LogP contribution in [0.3, 0.4) is 0 Å². The predicted molar refractivity (Wildman–Crippen MR) is 103 cm³/mol. The molecule has 1 atom stereocenters. The summed E-state index contributed by atoms with van der Waals surface area (Å²) in [6.45, 7) is 4.67. The van der Waals surface area contributed by atoms with Crippen LogP contribution in [-0.2, 0) is 0 Å². The van der Waals surface area contributed by atoms with Gasteiger partial charge in [-0.3, -0.25) is 0 Å². The molecule has 1 aliphatic carbocycles. The van der Waals surface area contributed by atoms with Crippen molar-refractivity contribution in [1.29, 1.82) is 0 Å². The third-order valence-corrected chi connectivity index (χ3v) is 7.89. The summed E-state index contributed by atoms with van der Waals surface area (Å²) in [5.74, 6) is 0.990. The van der Waals surface area contributed by atoms with Gasteiger partial charge in [-0.2, -0.15) is 0 Å². The molecular formula is C21H27OP. The van der Waals surface area contributed by atoms with Crippen LogP contribution in [0.15, 0.2) is 42.5 Å². The van der Waals surface area contributed by atoms with Crippen LogP contribution in [0.1, 0.15) is 37.7 Å². The van der Waals surface area contributed by atoms with Crippen molar-refractivity contribution in [3.8, 4) is 16.9 Å². The van der Waals surface area contributed by atoms with E-state index in [1.54, 1.807) is 12.4 Å². The Kier molecular flexibility index (Phi) is 5.38. The molecule has 0 heterocycles. The zero-order valence-electron chi connectivity index (χ0n) is 14.5. The third kappa shape index (κ3) is 3.45. The quantitative estimate of drug-likeness (QED) is 0.651. The van der Waals surface area contributed by atoms with E-state index in [-0.39, 0.29) is 7.92 Å². The first kappa shape index (κ1) is 16.5. The molecule has 2 heteroatoms. The molecule has 0 N–H and O–H groups in total. The SMILES string of the molecule is COc1cccc(C)c1-c1ccccc1P(C)C1CCCCC1. The lowest BCUT2D eigenvalue weighted by atomic mass is 9.99. The Morgan fingerprint density at radius 2 is 1.70 bits per heavy atom. The molecule has 122 valence electrons. The van der Waals surface area contributed by atoms with Gasteiger partial charge in [0.1, 0.15) is 5.75 Å². The fraction of sp³-hybridized carbons (Fsp3) is 0.429. The van der Waals surface area contributed by atoms with Crippen molar-refractivity contribution < 1.29 is 4.74 Å². The van der Waals surface area contributed by atoms with Gasteiger partial charge in [0.2, 0.25) is 0 Å². The van der Waals surface area contributed by atoms with Crippen LogP contribution in [0.4, 0.5) is 0 Å². The van der Waals surface area contributed by atoms with Gasteiger partial charge in [0.25, 0.3) is 0 Å². The standard InChI is InChI=1S/C21H27OP/c1-16-10-9-14-19(22-2)21(16)18-13-7-8-15-20(18)23(3)17-11-5-4-6-12-17/h7-10,13-15,17H,4-6,11-12H2,1-3H3. The summed E-state index contributed by atoms with van der Waals surface area (Å²) in [6, 6.07) is 15.3. The molecule has 0 aromatic heterocycles. The monoisotopic (exact) mass is 326 g/mol. The van der Waals surface area contributed by atoms with E-state index in [2.05, 4.69) is 56.1 Å². The minimum absolute atomic E-state index is 0.124. The Hall–Kier alpha value is -1.33. The predicted octanol–water partition coefficient (Wildman–Crippen LogP) is 5.74. The molecule has 0 amide bonds. The normalized spacial score (nSPS) is 17.0. The van der Waals surface area contributed by atoms with Crippen molar-refractivity contribution in [3.05, 3.63) is 48.0 Å². The van der Waals surface area contributed by atoms with Crippen LogP contribution in [-0.4, -0.2) is 19.4 Å². The summed E-state index contributed by atoms with van der Waals surface area (Å²) < 4.78 is 5.67. The second-order valence-corrected chi connectivity index (χ2v) is 9.01. The molecule has 23 heavy (non-hydrogen) atoms. The van der Waals surface area contributed by atoms with Gasteiger partial charge in [0.15, 0.2) is 0 Å². The summed E-state index contributed by atoms with van der Waals surface area (Å²) in [5, 5.41) is 1.54. The van der Waals surface area contributed by atoms with E-state index >= 15 is 0 Å². The molecular weight excluding hydrogens is 299 g/mol. The van der Waals surface area contributed by atoms with Crippen molar-refractivity contribution in [2.24, 2.45) is 0 Å². The van der Waals surface area contributed by atoms with Crippen LogP contribution in [0.2, 0.25) is 0 Å². The Morgan fingerprint density at radius 3 is 2.43 bits per heavy atom. The number of methoxy groups -OCH3 is 1. The first-order valence-corrected chi connectivity index (χ1v) is 10.5. The van der Waals surface area contributed by atoms with Gasteiger partial charge in [0.05, 0.1) is 7.11 Å². The molecule has 1 saturated carbocycles. The zero-order chi connectivity index (χ0) is 16.2. The lowest BCUT2D eigenvalue weighted by molar-refractivity contribution is 0.416. The molecule has 3 rings (SSSR count). The maximum atomic E-state index is 5.67. The van der Waals surface area contributed by atoms with Crippen LogP contribution in [0.5, 0.6) is 5.75 Å². The van der Waals surface area contributed by atoms with Gasteiger partial charge >= 0.3 is 0 Å². The number of ether oxygens (including phenoxy) is 1. The average molecular weight is 326 g/mol. The van der Waals surface area contributed by atoms with Gasteiger partial charge < -0.3 is 4.74 Å². The van der Waals surface area contributed by atoms with Crippen molar-refractivity contribution in [2.75, 3.05) is 13.8 Å². The third-order valence-electron chi connectivity index (χ3n) is 5.13.